The second-order valence-corrected chi connectivity index (χ2v) is 6.54. The van der Waals surface area contributed by atoms with E-state index in [1.54, 1.807) is 48.5 Å². The van der Waals surface area contributed by atoms with Crippen LogP contribution in [-0.4, -0.2) is 16.7 Å². The van der Waals surface area contributed by atoms with Crippen molar-refractivity contribution >= 4 is 29.1 Å². The first-order valence-corrected chi connectivity index (χ1v) is 9.07. The summed E-state index contributed by atoms with van der Waals surface area (Å²) in [5.74, 6) is -0.137. The van der Waals surface area contributed by atoms with Gasteiger partial charge in [0.15, 0.2) is 5.84 Å². The second kappa shape index (κ2) is 9.53. The largest absolute Gasteiger partial charge is 0.489 e. The lowest BCUT2D eigenvalue weighted by Gasteiger charge is -2.07. The number of ether oxygens (including phenoxy) is 1. The Labute approximate surface area is 176 Å². The molecular formula is C21H16ClN3O5. The highest BCUT2D eigenvalue weighted by Crippen LogP contribution is 2.17. The number of benzene rings is 3. The number of oxime groups is 1. The SMILES string of the molecule is N/C(=N\OC(=O)c1cccc(COc2ccc(Cl)cc2)c1)c1ccc([N+](=O)[O-])cc1. The van der Waals surface area contributed by atoms with E-state index in [1.807, 2.05) is 0 Å². The van der Waals surface area contributed by atoms with E-state index in [0.29, 0.717) is 16.3 Å². The van der Waals surface area contributed by atoms with E-state index in [2.05, 4.69) is 5.16 Å². The molecule has 30 heavy (non-hydrogen) atoms. The highest BCUT2D eigenvalue weighted by molar-refractivity contribution is 6.30. The maximum atomic E-state index is 12.3. The van der Waals surface area contributed by atoms with Gasteiger partial charge in [-0.3, -0.25) is 10.1 Å². The van der Waals surface area contributed by atoms with Crippen molar-refractivity contribution in [1.82, 2.24) is 0 Å². The molecule has 0 saturated carbocycles. The fourth-order valence-electron chi connectivity index (χ4n) is 2.44. The molecule has 3 aromatic rings. The minimum absolute atomic E-state index is 0.0822. The summed E-state index contributed by atoms with van der Waals surface area (Å²) in [5, 5.41) is 14.9. The summed E-state index contributed by atoms with van der Waals surface area (Å²) >= 11 is 5.84. The number of nitrogens with zero attached hydrogens (tertiary/aromatic N) is 2. The van der Waals surface area contributed by atoms with E-state index in [4.69, 9.17) is 26.9 Å². The average Bonchev–Trinajstić information content (AvgIpc) is 2.77. The summed E-state index contributed by atoms with van der Waals surface area (Å²) < 4.78 is 5.66. The highest BCUT2D eigenvalue weighted by atomic mass is 35.5. The molecule has 0 amide bonds. The third-order valence-corrected chi connectivity index (χ3v) is 4.23. The molecule has 0 radical (unpaired) electrons. The van der Waals surface area contributed by atoms with E-state index in [-0.39, 0.29) is 23.7 Å². The van der Waals surface area contributed by atoms with Gasteiger partial charge < -0.3 is 15.3 Å². The number of rotatable bonds is 7. The Balaban J connectivity index is 1.62. The molecule has 0 spiro atoms. The molecule has 3 rings (SSSR count). The van der Waals surface area contributed by atoms with E-state index < -0.39 is 10.9 Å². The van der Waals surface area contributed by atoms with Gasteiger partial charge in [0.25, 0.3) is 5.69 Å². The number of halogens is 1. The van der Waals surface area contributed by atoms with Crippen molar-refractivity contribution in [2.24, 2.45) is 10.9 Å². The first kappa shape index (κ1) is 20.8. The third-order valence-electron chi connectivity index (χ3n) is 3.98. The number of hydrogen-bond acceptors (Lipinski definition) is 6. The molecule has 152 valence electrons. The lowest BCUT2D eigenvalue weighted by Crippen LogP contribution is -2.15. The van der Waals surface area contributed by atoms with Crippen molar-refractivity contribution in [3.63, 3.8) is 0 Å². The molecule has 2 N–H and O–H groups in total. The topological polar surface area (TPSA) is 117 Å². The number of non-ortho nitro benzene ring substituents is 1. The lowest BCUT2D eigenvalue weighted by molar-refractivity contribution is -0.384. The zero-order chi connectivity index (χ0) is 21.5. The number of hydrogen-bond donors (Lipinski definition) is 1. The van der Waals surface area contributed by atoms with Crippen LogP contribution in [0.2, 0.25) is 5.02 Å². The van der Waals surface area contributed by atoms with Gasteiger partial charge in [-0.15, -0.1) is 0 Å². The Bertz CT molecular complexity index is 1080. The third kappa shape index (κ3) is 5.55. The molecule has 8 nitrogen and oxygen atoms in total. The summed E-state index contributed by atoms with van der Waals surface area (Å²) in [6.45, 7) is 0.247. The molecule has 3 aromatic carbocycles. The van der Waals surface area contributed by atoms with Gasteiger partial charge in [-0.25, -0.2) is 4.79 Å². The van der Waals surface area contributed by atoms with Crippen LogP contribution >= 0.6 is 11.6 Å². The van der Waals surface area contributed by atoms with Gasteiger partial charge in [-0.1, -0.05) is 28.9 Å². The quantitative estimate of drug-likeness (QED) is 0.198. The fraction of sp³-hybridized carbons (Fsp3) is 0.0476. The predicted molar refractivity (Wildman–Crippen MR) is 111 cm³/mol. The van der Waals surface area contributed by atoms with Crippen LogP contribution in [-0.2, 0) is 11.4 Å². The highest BCUT2D eigenvalue weighted by Gasteiger charge is 2.10. The van der Waals surface area contributed by atoms with Gasteiger partial charge in [-0.05, 0) is 54.1 Å². The molecular weight excluding hydrogens is 410 g/mol. The summed E-state index contributed by atoms with van der Waals surface area (Å²) in [5.41, 5.74) is 7.11. The van der Waals surface area contributed by atoms with Crippen molar-refractivity contribution in [3.8, 4) is 5.75 Å². The van der Waals surface area contributed by atoms with Crippen LogP contribution in [0.25, 0.3) is 0 Å². The first-order valence-electron chi connectivity index (χ1n) is 8.69. The summed E-state index contributed by atoms with van der Waals surface area (Å²) in [4.78, 5) is 27.3. The number of nitrogens with two attached hydrogens (primary N) is 1. The van der Waals surface area contributed by atoms with Crippen molar-refractivity contribution < 1.29 is 19.3 Å². The molecule has 0 heterocycles. The van der Waals surface area contributed by atoms with Gasteiger partial charge in [0.1, 0.15) is 12.4 Å². The van der Waals surface area contributed by atoms with Gasteiger partial charge in [0.2, 0.25) is 0 Å². The Morgan fingerprint density at radius 1 is 1.03 bits per heavy atom. The average molecular weight is 426 g/mol. The maximum Gasteiger partial charge on any atom is 0.365 e. The minimum atomic E-state index is -0.701. The standard InChI is InChI=1S/C21H16ClN3O5/c22-17-6-10-19(11-7-17)29-13-14-2-1-3-16(12-14)21(26)30-24-20(23)15-4-8-18(9-5-15)25(27)28/h1-12H,13H2,(H2,23,24). The summed E-state index contributed by atoms with van der Waals surface area (Å²) in [7, 11) is 0. The number of nitro groups is 1. The molecule has 0 aliphatic rings. The Morgan fingerprint density at radius 3 is 2.40 bits per heavy atom. The van der Waals surface area contributed by atoms with Crippen LogP contribution < -0.4 is 10.5 Å². The number of carbonyl (C=O) groups is 1. The van der Waals surface area contributed by atoms with Crippen molar-refractivity contribution in [3.05, 3.63) is 105 Å². The normalized spacial score (nSPS) is 11.0. The molecule has 0 atom stereocenters. The molecule has 0 aromatic heterocycles. The van der Waals surface area contributed by atoms with Crippen LogP contribution in [0, 0.1) is 10.1 Å². The van der Waals surface area contributed by atoms with E-state index in [1.165, 1.54) is 24.3 Å². The van der Waals surface area contributed by atoms with Crippen molar-refractivity contribution in [1.29, 1.82) is 0 Å². The number of amidine groups is 1. The second-order valence-electron chi connectivity index (χ2n) is 6.10. The summed E-state index contributed by atoms with van der Waals surface area (Å²) in [6.07, 6.45) is 0. The molecule has 0 saturated heterocycles. The predicted octanol–water partition coefficient (Wildman–Crippen LogP) is 4.30. The monoisotopic (exact) mass is 425 g/mol. The van der Waals surface area contributed by atoms with Crippen LogP contribution in [0.1, 0.15) is 21.5 Å². The molecule has 9 heteroatoms. The van der Waals surface area contributed by atoms with Gasteiger partial charge in [-0.2, -0.15) is 0 Å². The molecule has 0 fully saturated rings. The van der Waals surface area contributed by atoms with E-state index in [9.17, 15) is 14.9 Å². The van der Waals surface area contributed by atoms with Crippen LogP contribution in [0.4, 0.5) is 5.69 Å². The van der Waals surface area contributed by atoms with Gasteiger partial charge in [0, 0.05) is 22.7 Å². The molecule has 0 unspecified atom stereocenters. The summed E-state index contributed by atoms with van der Waals surface area (Å²) in [6, 6.07) is 19.0. The minimum Gasteiger partial charge on any atom is -0.489 e. The van der Waals surface area contributed by atoms with Crippen LogP contribution in [0.5, 0.6) is 5.75 Å². The van der Waals surface area contributed by atoms with Gasteiger partial charge >= 0.3 is 5.97 Å². The zero-order valence-corrected chi connectivity index (χ0v) is 16.3. The van der Waals surface area contributed by atoms with Crippen LogP contribution in [0.3, 0.4) is 0 Å². The number of carbonyl (C=O) groups excluding carboxylic acids is 1. The fourth-order valence-corrected chi connectivity index (χ4v) is 2.56. The van der Waals surface area contributed by atoms with Crippen molar-refractivity contribution in [2.45, 2.75) is 6.61 Å². The smallest absolute Gasteiger partial charge is 0.365 e. The van der Waals surface area contributed by atoms with E-state index in [0.717, 1.165) is 5.56 Å². The molecule has 0 aliphatic heterocycles. The van der Waals surface area contributed by atoms with Crippen molar-refractivity contribution in [2.75, 3.05) is 0 Å². The maximum absolute atomic E-state index is 12.3. The molecule has 0 bridgehead atoms. The Hall–Kier alpha value is -3.91. The van der Waals surface area contributed by atoms with E-state index >= 15 is 0 Å². The Kier molecular flexibility index (Phi) is 6.61. The zero-order valence-electron chi connectivity index (χ0n) is 15.5. The molecule has 0 aliphatic carbocycles. The Morgan fingerprint density at radius 2 is 1.73 bits per heavy atom. The number of nitro benzene ring substituents is 1. The van der Waals surface area contributed by atoms with Crippen LogP contribution in [0.15, 0.2) is 78.0 Å². The van der Waals surface area contributed by atoms with Gasteiger partial charge in [0.05, 0.1) is 10.5 Å². The first-order chi connectivity index (χ1) is 14.4. The lowest BCUT2D eigenvalue weighted by atomic mass is 10.1.